The van der Waals surface area contributed by atoms with Gasteiger partial charge in [-0.05, 0) is 51.5 Å². The number of methoxy groups -OCH3 is 1. The number of nitrogens with one attached hydrogen (secondary N) is 1. The number of amides is 1. The van der Waals surface area contributed by atoms with E-state index in [0.29, 0.717) is 6.42 Å². The van der Waals surface area contributed by atoms with E-state index in [1.165, 1.54) is 11.8 Å². The molecule has 0 fully saturated rings. The van der Waals surface area contributed by atoms with Crippen LogP contribution in [-0.2, 0) is 4.79 Å². The molecular formula is C15H21NO3S. The van der Waals surface area contributed by atoms with Crippen molar-refractivity contribution in [2.75, 3.05) is 7.11 Å². The number of hydrogen-bond acceptors (Lipinski definition) is 4. The summed E-state index contributed by atoms with van der Waals surface area (Å²) in [5.74, 6) is 0.364. The van der Waals surface area contributed by atoms with Gasteiger partial charge in [0.15, 0.2) is 0 Å². The Kier molecular flexibility index (Phi) is 6.10. The van der Waals surface area contributed by atoms with Gasteiger partial charge < -0.3 is 4.74 Å². The van der Waals surface area contributed by atoms with Crippen LogP contribution in [0.15, 0.2) is 40.8 Å². The maximum atomic E-state index is 11.9. The molecule has 0 aromatic heterocycles. The van der Waals surface area contributed by atoms with Crippen LogP contribution >= 0.6 is 11.8 Å². The van der Waals surface area contributed by atoms with Gasteiger partial charge in [0.1, 0.15) is 10.5 Å². The van der Waals surface area contributed by atoms with Crippen LogP contribution in [0.1, 0.15) is 27.2 Å². The number of rotatable bonds is 6. The third-order valence-electron chi connectivity index (χ3n) is 2.88. The molecule has 0 bridgehead atoms. The Morgan fingerprint density at radius 3 is 2.45 bits per heavy atom. The SMILES string of the molecule is COc1ccc(SC(C)(CC=C(C)C)C(=O)NO)cc1. The van der Waals surface area contributed by atoms with Gasteiger partial charge in [0.05, 0.1) is 7.11 Å². The van der Waals surface area contributed by atoms with E-state index >= 15 is 0 Å². The molecule has 0 aliphatic heterocycles. The van der Waals surface area contributed by atoms with E-state index in [4.69, 9.17) is 9.94 Å². The predicted molar refractivity (Wildman–Crippen MR) is 81.2 cm³/mol. The van der Waals surface area contributed by atoms with Crippen molar-refractivity contribution in [1.29, 1.82) is 0 Å². The summed E-state index contributed by atoms with van der Waals surface area (Å²) in [5, 5.41) is 8.94. The number of hydroxylamine groups is 1. The molecule has 0 heterocycles. The summed E-state index contributed by atoms with van der Waals surface area (Å²) in [7, 11) is 1.61. The zero-order valence-electron chi connectivity index (χ0n) is 12.3. The highest BCUT2D eigenvalue weighted by Crippen LogP contribution is 2.37. The Balaban J connectivity index is 2.93. The average Bonchev–Trinajstić information content (AvgIpc) is 2.45. The van der Waals surface area contributed by atoms with Gasteiger partial charge in [0.25, 0.3) is 5.91 Å². The minimum Gasteiger partial charge on any atom is -0.497 e. The largest absolute Gasteiger partial charge is 0.497 e. The van der Waals surface area contributed by atoms with Crippen molar-refractivity contribution in [3.8, 4) is 5.75 Å². The van der Waals surface area contributed by atoms with E-state index in [9.17, 15) is 4.79 Å². The first-order valence-electron chi connectivity index (χ1n) is 6.32. The zero-order valence-corrected chi connectivity index (χ0v) is 13.1. The molecule has 1 amide bonds. The molecule has 1 aromatic carbocycles. The molecule has 1 aromatic rings. The minimum absolute atomic E-state index is 0.407. The molecule has 0 radical (unpaired) electrons. The third kappa shape index (κ3) is 4.58. The lowest BCUT2D eigenvalue weighted by Gasteiger charge is -2.25. The molecule has 20 heavy (non-hydrogen) atoms. The van der Waals surface area contributed by atoms with Crippen LogP contribution < -0.4 is 10.2 Å². The topological polar surface area (TPSA) is 58.6 Å². The lowest BCUT2D eigenvalue weighted by molar-refractivity contribution is -0.131. The van der Waals surface area contributed by atoms with Gasteiger partial charge in [-0.2, -0.15) is 0 Å². The van der Waals surface area contributed by atoms with Crippen LogP contribution in [0, 0.1) is 0 Å². The van der Waals surface area contributed by atoms with E-state index in [2.05, 4.69) is 0 Å². The molecule has 0 saturated carbocycles. The van der Waals surface area contributed by atoms with Gasteiger partial charge in [0, 0.05) is 4.90 Å². The summed E-state index contributed by atoms with van der Waals surface area (Å²) >= 11 is 1.41. The first-order valence-corrected chi connectivity index (χ1v) is 7.14. The van der Waals surface area contributed by atoms with Crippen molar-refractivity contribution in [3.63, 3.8) is 0 Å². The molecule has 1 rings (SSSR count). The van der Waals surface area contributed by atoms with Crippen molar-refractivity contribution in [2.45, 2.75) is 36.8 Å². The van der Waals surface area contributed by atoms with E-state index in [1.54, 1.807) is 12.6 Å². The number of ether oxygens (including phenoxy) is 1. The fourth-order valence-electron chi connectivity index (χ4n) is 1.60. The summed E-state index contributed by atoms with van der Waals surface area (Å²) < 4.78 is 4.35. The van der Waals surface area contributed by atoms with Crippen LogP contribution in [0.4, 0.5) is 0 Å². The Bertz CT molecular complexity index is 480. The summed E-state index contributed by atoms with van der Waals surface area (Å²) in [6.07, 6.45) is 2.53. The molecule has 5 heteroatoms. The molecule has 110 valence electrons. The Hall–Kier alpha value is -1.46. The second-order valence-corrected chi connectivity index (χ2v) is 6.51. The van der Waals surface area contributed by atoms with Gasteiger partial charge in [0.2, 0.25) is 0 Å². The third-order valence-corrected chi connectivity index (χ3v) is 4.19. The molecule has 0 aliphatic carbocycles. The van der Waals surface area contributed by atoms with E-state index in [0.717, 1.165) is 16.2 Å². The van der Waals surface area contributed by atoms with Gasteiger partial charge in [-0.15, -0.1) is 11.8 Å². The van der Waals surface area contributed by atoms with Crippen LogP contribution in [0.2, 0.25) is 0 Å². The van der Waals surface area contributed by atoms with Crippen LogP contribution in [0.5, 0.6) is 5.75 Å². The van der Waals surface area contributed by atoms with Crippen molar-refractivity contribution in [2.24, 2.45) is 0 Å². The number of hydrogen-bond donors (Lipinski definition) is 2. The van der Waals surface area contributed by atoms with E-state index < -0.39 is 10.7 Å². The second kappa shape index (κ2) is 7.36. The molecule has 4 nitrogen and oxygen atoms in total. The van der Waals surface area contributed by atoms with Gasteiger partial charge in [-0.3, -0.25) is 10.0 Å². The lowest BCUT2D eigenvalue weighted by atomic mass is 10.0. The molecule has 0 aliphatic rings. The smallest absolute Gasteiger partial charge is 0.259 e. The standard InChI is InChI=1S/C15H21NO3S/c1-11(2)9-10-15(3,14(17)16-18)20-13-7-5-12(19-4)6-8-13/h5-9,18H,10H2,1-4H3,(H,16,17). The molecular weight excluding hydrogens is 274 g/mol. The number of carbonyl (C=O) groups excluding carboxylic acids is 1. The minimum atomic E-state index is -0.763. The van der Waals surface area contributed by atoms with Crippen LogP contribution in [0.25, 0.3) is 0 Å². The Labute approximate surface area is 124 Å². The monoisotopic (exact) mass is 295 g/mol. The van der Waals surface area contributed by atoms with E-state index in [-0.39, 0.29) is 0 Å². The Morgan fingerprint density at radius 2 is 2.00 bits per heavy atom. The predicted octanol–water partition coefficient (Wildman–Crippen LogP) is 3.41. The summed E-state index contributed by atoms with van der Waals surface area (Å²) in [4.78, 5) is 12.9. The Morgan fingerprint density at radius 1 is 1.40 bits per heavy atom. The van der Waals surface area contributed by atoms with Crippen LogP contribution in [0.3, 0.4) is 0 Å². The van der Waals surface area contributed by atoms with Crippen molar-refractivity contribution in [1.82, 2.24) is 5.48 Å². The first-order chi connectivity index (χ1) is 9.41. The average molecular weight is 295 g/mol. The summed E-state index contributed by atoms with van der Waals surface area (Å²) in [6, 6.07) is 7.49. The maximum absolute atomic E-state index is 11.9. The number of carbonyl (C=O) groups is 1. The zero-order chi connectivity index (χ0) is 15.2. The fraction of sp³-hybridized carbons (Fsp3) is 0.400. The quantitative estimate of drug-likeness (QED) is 0.365. The molecule has 0 spiro atoms. The molecule has 1 atom stereocenters. The highest BCUT2D eigenvalue weighted by Gasteiger charge is 2.33. The molecule has 2 N–H and O–H groups in total. The van der Waals surface area contributed by atoms with Gasteiger partial charge >= 0.3 is 0 Å². The second-order valence-electron chi connectivity index (χ2n) is 4.93. The highest BCUT2D eigenvalue weighted by atomic mass is 32.2. The van der Waals surface area contributed by atoms with Crippen molar-refractivity contribution in [3.05, 3.63) is 35.9 Å². The number of benzene rings is 1. The van der Waals surface area contributed by atoms with E-state index in [1.807, 2.05) is 51.1 Å². The normalized spacial score (nSPS) is 13.2. The fourth-order valence-corrected chi connectivity index (χ4v) is 2.70. The molecule has 1 unspecified atom stereocenters. The molecule has 0 saturated heterocycles. The maximum Gasteiger partial charge on any atom is 0.259 e. The number of allylic oxidation sites excluding steroid dienone is 2. The summed E-state index contributed by atoms with van der Waals surface area (Å²) in [5.41, 5.74) is 2.89. The van der Waals surface area contributed by atoms with Crippen molar-refractivity contribution < 1.29 is 14.7 Å². The van der Waals surface area contributed by atoms with Crippen molar-refractivity contribution >= 4 is 17.7 Å². The highest BCUT2D eigenvalue weighted by molar-refractivity contribution is 8.01. The van der Waals surface area contributed by atoms with Gasteiger partial charge in [-0.1, -0.05) is 11.6 Å². The summed E-state index contributed by atoms with van der Waals surface area (Å²) in [6.45, 7) is 5.78. The van der Waals surface area contributed by atoms with Gasteiger partial charge in [-0.25, -0.2) is 5.48 Å². The first kappa shape index (κ1) is 16.6. The number of thioether (sulfide) groups is 1. The lowest BCUT2D eigenvalue weighted by Crippen LogP contribution is -2.40. The van der Waals surface area contributed by atoms with Crippen LogP contribution in [-0.4, -0.2) is 23.0 Å².